The molecule has 3 aromatic rings. The van der Waals surface area contributed by atoms with E-state index in [1.165, 1.54) is 29.5 Å². The van der Waals surface area contributed by atoms with Gasteiger partial charge < -0.3 is 14.6 Å². The molecule has 0 spiro atoms. The SMILES string of the molecule is Cc1cc(NC(=O)[C@H](C)Oc2ccc([N+](=O)[O-])cc2-c2cccs2)no1. The van der Waals surface area contributed by atoms with Gasteiger partial charge in [0.25, 0.3) is 11.6 Å². The van der Waals surface area contributed by atoms with Crippen LogP contribution in [0.4, 0.5) is 11.5 Å². The van der Waals surface area contributed by atoms with Gasteiger partial charge in [-0.05, 0) is 31.4 Å². The number of aryl methyl sites for hydroxylation is 1. The van der Waals surface area contributed by atoms with Crippen LogP contribution in [0.25, 0.3) is 10.4 Å². The van der Waals surface area contributed by atoms with Gasteiger partial charge in [-0.3, -0.25) is 14.9 Å². The first kappa shape index (κ1) is 17.6. The third kappa shape index (κ3) is 3.89. The van der Waals surface area contributed by atoms with Gasteiger partial charge in [-0.15, -0.1) is 11.3 Å². The van der Waals surface area contributed by atoms with E-state index < -0.39 is 16.9 Å². The minimum absolute atomic E-state index is 0.0454. The number of thiophene rings is 1. The van der Waals surface area contributed by atoms with Crippen molar-refractivity contribution in [2.75, 3.05) is 5.32 Å². The Labute approximate surface area is 152 Å². The fourth-order valence-electron chi connectivity index (χ4n) is 2.26. The van der Waals surface area contributed by atoms with Gasteiger partial charge in [0.2, 0.25) is 0 Å². The van der Waals surface area contributed by atoms with Gasteiger partial charge in [0, 0.05) is 28.6 Å². The molecule has 1 amide bonds. The first-order chi connectivity index (χ1) is 12.4. The van der Waals surface area contributed by atoms with Crippen LogP contribution in [0, 0.1) is 17.0 Å². The fourth-order valence-corrected chi connectivity index (χ4v) is 3.00. The van der Waals surface area contributed by atoms with Gasteiger partial charge in [0.15, 0.2) is 11.9 Å². The van der Waals surface area contributed by atoms with E-state index in [1.54, 1.807) is 19.9 Å². The summed E-state index contributed by atoms with van der Waals surface area (Å²) in [6, 6.07) is 9.54. The van der Waals surface area contributed by atoms with Crippen LogP contribution in [0.3, 0.4) is 0 Å². The summed E-state index contributed by atoms with van der Waals surface area (Å²) in [5.74, 6) is 0.847. The number of aromatic nitrogens is 1. The normalized spacial score (nSPS) is 11.8. The zero-order valence-corrected chi connectivity index (χ0v) is 14.8. The number of nitro benzene ring substituents is 1. The number of nitro groups is 1. The molecule has 1 atom stereocenters. The lowest BCUT2D eigenvalue weighted by Gasteiger charge is -2.16. The molecule has 8 nitrogen and oxygen atoms in total. The van der Waals surface area contributed by atoms with Crippen LogP contribution in [-0.2, 0) is 4.79 Å². The zero-order valence-electron chi connectivity index (χ0n) is 14.0. The average molecular weight is 373 g/mol. The number of rotatable bonds is 6. The van der Waals surface area contributed by atoms with Crippen LogP contribution in [-0.4, -0.2) is 22.1 Å². The van der Waals surface area contributed by atoms with E-state index in [9.17, 15) is 14.9 Å². The van der Waals surface area contributed by atoms with E-state index in [-0.39, 0.29) is 5.69 Å². The summed E-state index contributed by atoms with van der Waals surface area (Å²) in [7, 11) is 0. The second kappa shape index (κ2) is 7.36. The van der Waals surface area contributed by atoms with E-state index in [1.807, 2.05) is 17.5 Å². The Balaban J connectivity index is 1.82. The lowest BCUT2D eigenvalue weighted by molar-refractivity contribution is -0.384. The molecule has 0 aliphatic heterocycles. The lowest BCUT2D eigenvalue weighted by Crippen LogP contribution is -2.30. The molecule has 0 saturated carbocycles. The summed E-state index contributed by atoms with van der Waals surface area (Å²) >= 11 is 1.43. The molecular weight excluding hydrogens is 358 g/mol. The maximum atomic E-state index is 12.3. The monoisotopic (exact) mass is 373 g/mol. The molecule has 0 fully saturated rings. The third-order valence-corrected chi connectivity index (χ3v) is 4.42. The van der Waals surface area contributed by atoms with Crippen molar-refractivity contribution in [3.05, 3.63) is 57.7 Å². The smallest absolute Gasteiger partial charge is 0.270 e. The van der Waals surface area contributed by atoms with Crippen molar-refractivity contribution in [3.8, 4) is 16.2 Å². The average Bonchev–Trinajstić information content (AvgIpc) is 3.26. The molecule has 0 radical (unpaired) electrons. The van der Waals surface area contributed by atoms with E-state index in [0.717, 1.165) is 4.88 Å². The van der Waals surface area contributed by atoms with E-state index in [4.69, 9.17) is 9.26 Å². The Kier molecular flexibility index (Phi) is 4.99. The van der Waals surface area contributed by atoms with Gasteiger partial charge in [0.1, 0.15) is 11.5 Å². The summed E-state index contributed by atoms with van der Waals surface area (Å²) < 4.78 is 10.7. The molecule has 0 aliphatic rings. The quantitative estimate of drug-likeness (QED) is 0.516. The molecule has 0 aliphatic carbocycles. The molecular formula is C17H15N3O5S. The van der Waals surface area contributed by atoms with E-state index in [2.05, 4.69) is 10.5 Å². The lowest BCUT2D eigenvalue weighted by atomic mass is 10.1. The van der Waals surface area contributed by atoms with Crippen molar-refractivity contribution in [3.63, 3.8) is 0 Å². The second-order valence-electron chi connectivity index (χ2n) is 5.49. The summed E-state index contributed by atoms with van der Waals surface area (Å²) in [4.78, 5) is 23.7. The Morgan fingerprint density at radius 3 is 2.81 bits per heavy atom. The fraction of sp³-hybridized carbons (Fsp3) is 0.176. The second-order valence-corrected chi connectivity index (χ2v) is 6.43. The summed E-state index contributed by atoms with van der Waals surface area (Å²) in [6.45, 7) is 3.30. The Bertz CT molecular complexity index is 936. The summed E-state index contributed by atoms with van der Waals surface area (Å²) in [6.07, 6.45) is -0.841. The molecule has 1 aromatic carbocycles. The molecule has 0 saturated heterocycles. The van der Waals surface area contributed by atoms with E-state index >= 15 is 0 Å². The van der Waals surface area contributed by atoms with Crippen LogP contribution >= 0.6 is 11.3 Å². The molecule has 26 heavy (non-hydrogen) atoms. The minimum Gasteiger partial charge on any atom is -0.480 e. The van der Waals surface area contributed by atoms with E-state index in [0.29, 0.717) is 22.9 Å². The predicted molar refractivity (Wildman–Crippen MR) is 96.4 cm³/mol. The molecule has 134 valence electrons. The van der Waals surface area contributed by atoms with Crippen LogP contribution in [0.15, 0.2) is 46.3 Å². The summed E-state index contributed by atoms with van der Waals surface area (Å²) in [5.41, 5.74) is 0.516. The summed E-state index contributed by atoms with van der Waals surface area (Å²) in [5, 5.41) is 19.2. The van der Waals surface area contributed by atoms with Gasteiger partial charge in [-0.1, -0.05) is 11.2 Å². The minimum atomic E-state index is -0.841. The Hall–Kier alpha value is -3.20. The van der Waals surface area contributed by atoms with Gasteiger partial charge >= 0.3 is 0 Å². The van der Waals surface area contributed by atoms with Gasteiger partial charge in [0.05, 0.1) is 4.92 Å². The zero-order chi connectivity index (χ0) is 18.7. The highest BCUT2D eigenvalue weighted by molar-refractivity contribution is 7.13. The van der Waals surface area contributed by atoms with Crippen molar-refractivity contribution in [2.24, 2.45) is 0 Å². The number of carbonyl (C=O) groups excluding carboxylic acids is 1. The largest absolute Gasteiger partial charge is 0.480 e. The number of nitrogens with one attached hydrogen (secondary N) is 1. The van der Waals surface area contributed by atoms with Crippen LogP contribution < -0.4 is 10.1 Å². The molecule has 1 N–H and O–H groups in total. The third-order valence-electron chi connectivity index (χ3n) is 3.51. The number of hydrogen-bond acceptors (Lipinski definition) is 7. The first-order valence-corrected chi connectivity index (χ1v) is 8.55. The molecule has 0 bridgehead atoms. The number of nitrogens with zero attached hydrogens (tertiary/aromatic N) is 2. The molecule has 9 heteroatoms. The number of anilines is 1. The number of ether oxygens (including phenoxy) is 1. The maximum absolute atomic E-state index is 12.3. The maximum Gasteiger partial charge on any atom is 0.270 e. The van der Waals surface area contributed by atoms with Crippen molar-refractivity contribution < 1.29 is 19.0 Å². The molecule has 2 aromatic heterocycles. The topological polar surface area (TPSA) is 108 Å². The standard InChI is InChI=1S/C17H15N3O5S/c1-10-8-16(19-25-10)18-17(21)11(2)24-14-6-5-12(20(22)23)9-13(14)15-4-3-7-26-15/h3-9,11H,1-2H3,(H,18,19,21)/t11-/m0/s1. The van der Waals surface area contributed by atoms with Gasteiger partial charge in [-0.25, -0.2) is 0 Å². The highest BCUT2D eigenvalue weighted by Crippen LogP contribution is 2.36. The molecule has 3 rings (SSSR count). The number of benzene rings is 1. The number of non-ortho nitro benzene ring substituents is 1. The highest BCUT2D eigenvalue weighted by Gasteiger charge is 2.20. The highest BCUT2D eigenvalue weighted by atomic mass is 32.1. The number of carbonyl (C=O) groups is 1. The first-order valence-electron chi connectivity index (χ1n) is 7.67. The molecule has 0 unspecified atom stereocenters. The number of amides is 1. The van der Waals surface area contributed by atoms with Crippen molar-refractivity contribution in [1.29, 1.82) is 0 Å². The predicted octanol–water partition coefficient (Wildman–Crippen LogP) is 4.03. The Morgan fingerprint density at radius 2 is 2.19 bits per heavy atom. The van der Waals surface area contributed by atoms with Crippen LogP contribution in [0.1, 0.15) is 12.7 Å². The Morgan fingerprint density at radius 1 is 1.38 bits per heavy atom. The van der Waals surface area contributed by atoms with Crippen molar-refractivity contribution in [1.82, 2.24) is 5.16 Å². The molecule has 2 heterocycles. The van der Waals surface area contributed by atoms with Crippen molar-refractivity contribution in [2.45, 2.75) is 20.0 Å². The van der Waals surface area contributed by atoms with Gasteiger partial charge in [-0.2, -0.15) is 0 Å². The van der Waals surface area contributed by atoms with Crippen molar-refractivity contribution >= 4 is 28.7 Å². The van der Waals surface area contributed by atoms with Crippen LogP contribution in [0.2, 0.25) is 0 Å². The van der Waals surface area contributed by atoms with Crippen LogP contribution in [0.5, 0.6) is 5.75 Å². The number of hydrogen-bond donors (Lipinski definition) is 1.